The number of carbonyl (C=O) groups excluding carboxylic acids is 2. The molecule has 0 radical (unpaired) electrons. The van der Waals surface area contributed by atoms with Gasteiger partial charge in [-0.1, -0.05) is 38.1 Å². The van der Waals surface area contributed by atoms with E-state index >= 15 is 0 Å². The first kappa shape index (κ1) is 18.0. The molecule has 4 heteroatoms. The van der Waals surface area contributed by atoms with E-state index in [2.05, 4.69) is 13.8 Å². The molecule has 120 valence electrons. The van der Waals surface area contributed by atoms with Crippen LogP contribution < -0.4 is 0 Å². The molecular weight excluding hydrogens is 280 g/mol. The van der Waals surface area contributed by atoms with E-state index in [9.17, 15) is 9.59 Å². The summed E-state index contributed by atoms with van der Waals surface area (Å²) < 4.78 is 9.82. The first-order chi connectivity index (χ1) is 10.5. The molecule has 0 unspecified atom stereocenters. The second kappa shape index (κ2) is 9.03. The van der Waals surface area contributed by atoms with E-state index in [0.717, 1.165) is 12.0 Å². The van der Waals surface area contributed by atoms with Gasteiger partial charge >= 0.3 is 11.9 Å². The Hall–Kier alpha value is -2.10. The molecule has 0 saturated carbocycles. The van der Waals surface area contributed by atoms with Crippen molar-refractivity contribution in [3.63, 3.8) is 0 Å². The molecule has 4 nitrogen and oxygen atoms in total. The molecule has 0 heterocycles. The number of hydrogen-bond donors (Lipinski definition) is 0. The molecule has 1 aromatic carbocycles. The highest BCUT2D eigenvalue weighted by molar-refractivity contribution is 6.17. The number of carbonyl (C=O) groups is 2. The second-order valence-electron chi connectivity index (χ2n) is 5.34. The van der Waals surface area contributed by atoms with E-state index in [4.69, 9.17) is 9.47 Å². The van der Waals surface area contributed by atoms with Gasteiger partial charge in [0.1, 0.15) is 5.57 Å². The van der Waals surface area contributed by atoms with Crippen LogP contribution >= 0.6 is 0 Å². The van der Waals surface area contributed by atoms with E-state index in [-0.39, 0.29) is 18.8 Å². The molecule has 0 aliphatic rings. The van der Waals surface area contributed by atoms with Crippen LogP contribution in [0.5, 0.6) is 0 Å². The van der Waals surface area contributed by atoms with Crippen molar-refractivity contribution in [2.24, 2.45) is 5.92 Å². The summed E-state index contributed by atoms with van der Waals surface area (Å²) in [5, 5.41) is 0. The number of ether oxygens (including phenoxy) is 2. The summed E-state index contributed by atoms with van der Waals surface area (Å²) in [4.78, 5) is 23.8. The van der Waals surface area contributed by atoms with Crippen LogP contribution in [0, 0.1) is 5.92 Å². The standard InChI is InChI=1S/C18H24O4/c1-5-21-17(19)16(18(20)22-6-2)12-15-9-7-14(8-10-15)11-13(3)4/h7-10,12-13H,5-6,11H2,1-4H3. The summed E-state index contributed by atoms with van der Waals surface area (Å²) in [6.07, 6.45) is 2.50. The molecule has 0 bridgehead atoms. The van der Waals surface area contributed by atoms with Crippen molar-refractivity contribution in [3.8, 4) is 0 Å². The van der Waals surface area contributed by atoms with Gasteiger partial charge in [-0.15, -0.1) is 0 Å². The molecule has 0 atom stereocenters. The summed E-state index contributed by atoms with van der Waals surface area (Å²) >= 11 is 0. The fraction of sp³-hybridized carbons (Fsp3) is 0.444. The van der Waals surface area contributed by atoms with Crippen molar-refractivity contribution in [1.29, 1.82) is 0 Å². The Morgan fingerprint density at radius 3 is 1.91 bits per heavy atom. The van der Waals surface area contributed by atoms with Gasteiger partial charge in [0.15, 0.2) is 0 Å². The predicted octanol–water partition coefficient (Wildman–Crippen LogP) is 3.39. The Morgan fingerprint density at radius 2 is 1.50 bits per heavy atom. The van der Waals surface area contributed by atoms with Crippen molar-refractivity contribution in [2.45, 2.75) is 34.1 Å². The maximum absolute atomic E-state index is 11.9. The van der Waals surface area contributed by atoms with E-state index in [1.54, 1.807) is 13.8 Å². The minimum atomic E-state index is -0.660. The Balaban J connectivity index is 2.99. The maximum Gasteiger partial charge on any atom is 0.345 e. The Morgan fingerprint density at radius 1 is 1.00 bits per heavy atom. The normalized spacial score (nSPS) is 10.2. The van der Waals surface area contributed by atoms with Crippen LogP contribution in [-0.4, -0.2) is 25.2 Å². The quantitative estimate of drug-likeness (QED) is 0.335. The second-order valence-corrected chi connectivity index (χ2v) is 5.34. The van der Waals surface area contributed by atoms with Crippen LogP contribution in [0.1, 0.15) is 38.8 Å². The van der Waals surface area contributed by atoms with Crippen LogP contribution in [-0.2, 0) is 25.5 Å². The van der Waals surface area contributed by atoms with Gasteiger partial charge in [0.05, 0.1) is 13.2 Å². The minimum absolute atomic E-state index is 0.0830. The summed E-state index contributed by atoms with van der Waals surface area (Å²) in [6.45, 7) is 8.13. The Kier molecular flexibility index (Phi) is 7.37. The molecule has 0 spiro atoms. The van der Waals surface area contributed by atoms with Crippen LogP contribution in [0.25, 0.3) is 6.08 Å². The third-order valence-corrected chi connectivity index (χ3v) is 2.93. The van der Waals surface area contributed by atoms with Gasteiger partial charge in [0, 0.05) is 0 Å². The van der Waals surface area contributed by atoms with E-state index in [1.165, 1.54) is 11.6 Å². The Bertz CT molecular complexity index is 507. The lowest BCUT2D eigenvalue weighted by atomic mass is 10.0. The number of hydrogen-bond acceptors (Lipinski definition) is 4. The number of esters is 2. The lowest BCUT2D eigenvalue weighted by Crippen LogP contribution is -2.18. The lowest BCUT2D eigenvalue weighted by molar-refractivity contribution is -0.146. The average Bonchev–Trinajstić information content (AvgIpc) is 2.46. The summed E-state index contributed by atoms with van der Waals surface area (Å²) in [6, 6.07) is 7.77. The lowest BCUT2D eigenvalue weighted by Gasteiger charge is -2.08. The number of benzene rings is 1. The predicted molar refractivity (Wildman–Crippen MR) is 86.2 cm³/mol. The highest BCUT2D eigenvalue weighted by Gasteiger charge is 2.20. The monoisotopic (exact) mass is 304 g/mol. The molecule has 0 fully saturated rings. The fourth-order valence-electron chi connectivity index (χ4n) is 2.01. The zero-order chi connectivity index (χ0) is 16.5. The summed E-state index contributed by atoms with van der Waals surface area (Å²) in [7, 11) is 0. The van der Waals surface area contributed by atoms with Gasteiger partial charge in [-0.05, 0) is 43.4 Å². The summed E-state index contributed by atoms with van der Waals surface area (Å²) in [5.74, 6) is -0.740. The van der Waals surface area contributed by atoms with Crippen molar-refractivity contribution in [1.82, 2.24) is 0 Å². The molecule has 0 saturated heterocycles. The highest BCUT2D eigenvalue weighted by atomic mass is 16.6. The summed E-state index contributed by atoms with van der Waals surface area (Å²) in [5.41, 5.74) is 1.91. The van der Waals surface area contributed by atoms with Gasteiger partial charge in [0.2, 0.25) is 0 Å². The van der Waals surface area contributed by atoms with Gasteiger partial charge in [0.25, 0.3) is 0 Å². The highest BCUT2D eigenvalue weighted by Crippen LogP contribution is 2.14. The molecule has 22 heavy (non-hydrogen) atoms. The van der Waals surface area contributed by atoms with Crippen LogP contribution in [0.2, 0.25) is 0 Å². The van der Waals surface area contributed by atoms with Crippen LogP contribution in [0.15, 0.2) is 29.8 Å². The SMILES string of the molecule is CCOC(=O)C(=Cc1ccc(CC(C)C)cc1)C(=O)OCC. The first-order valence-corrected chi connectivity index (χ1v) is 7.62. The molecule has 0 aliphatic carbocycles. The van der Waals surface area contributed by atoms with Crippen molar-refractivity contribution in [2.75, 3.05) is 13.2 Å². The van der Waals surface area contributed by atoms with Gasteiger partial charge in [-0.2, -0.15) is 0 Å². The number of rotatable bonds is 7. The van der Waals surface area contributed by atoms with Gasteiger partial charge in [-0.25, -0.2) is 9.59 Å². The van der Waals surface area contributed by atoms with E-state index < -0.39 is 11.9 Å². The molecule has 0 N–H and O–H groups in total. The topological polar surface area (TPSA) is 52.6 Å². The van der Waals surface area contributed by atoms with Crippen molar-refractivity contribution >= 4 is 18.0 Å². The fourth-order valence-corrected chi connectivity index (χ4v) is 2.01. The average molecular weight is 304 g/mol. The zero-order valence-corrected chi connectivity index (χ0v) is 13.7. The molecule has 0 aromatic heterocycles. The Labute approximate surface area is 132 Å². The largest absolute Gasteiger partial charge is 0.462 e. The molecule has 0 amide bonds. The van der Waals surface area contributed by atoms with Gasteiger partial charge < -0.3 is 9.47 Å². The molecule has 1 aromatic rings. The minimum Gasteiger partial charge on any atom is -0.462 e. The van der Waals surface area contributed by atoms with Crippen LogP contribution in [0.3, 0.4) is 0 Å². The van der Waals surface area contributed by atoms with Crippen LogP contribution in [0.4, 0.5) is 0 Å². The molecule has 1 rings (SSSR count). The van der Waals surface area contributed by atoms with Crippen molar-refractivity contribution in [3.05, 3.63) is 41.0 Å². The van der Waals surface area contributed by atoms with Crippen molar-refractivity contribution < 1.29 is 19.1 Å². The van der Waals surface area contributed by atoms with Gasteiger partial charge in [-0.3, -0.25) is 0 Å². The molecule has 0 aliphatic heterocycles. The third kappa shape index (κ3) is 5.72. The molecular formula is C18H24O4. The van der Waals surface area contributed by atoms with E-state index in [1.807, 2.05) is 24.3 Å². The van der Waals surface area contributed by atoms with E-state index in [0.29, 0.717) is 5.92 Å². The zero-order valence-electron chi connectivity index (χ0n) is 13.7. The first-order valence-electron chi connectivity index (χ1n) is 7.62. The maximum atomic E-state index is 11.9. The smallest absolute Gasteiger partial charge is 0.345 e. The third-order valence-electron chi connectivity index (χ3n) is 2.93.